The number of furan rings is 1. The lowest BCUT2D eigenvalue weighted by atomic mass is 10.2. The predicted molar refractivity (Wildman–Crippen MR) is 111 cm³/mol. The maximum absolute atomic E-state index is 12.2. The maximum Gasteiger partial charge on any atom is 0.325 e. The molecule has 2 aromatic heterocycles. The monoisotopic (exact) mass is 427 g/mol. The number of para-hydroxylation sites is 1. The number of carbonyl (C=O) groups excluding carboxylic acids is 2. The first-order valence-electron chi connectivity index (χ1n) is 9.56. The molecule has 1 aromatic carbocycles. The van der Waals surface area contributed by atoms with Gasteiger partial charge in [0, 0.05) is 12.3 Å². The second-order valence-corrected chi connectivity index (χ2v) is 7.63. The number of anilines is 1. The van der Waals surface area contributed by atoms with Gasteiger partial charge >= 0.3 is 6.03 Å². The number of urea groups is 1. The highest BCUT2D eigenvalue weighted by molar-refractivity contribution is 7.99. The van der Waals surface area contributed by atoms with E-state index in [-0.39, 0.29) is 11.9 Å². The van der Waals surface area contributed by atoms with Gasteiger partial charge in [0.2, 0.25) is 11.7 Å². The summed E-state index contributed by atoms with van der Waals surface area (Å²) in [4.78, 5) is 24.2. The molecule has 30 heavy (non-hydrogen) atoms. The third-order valence-corrected chi connectivity index (χ3v) is 5.45. The average Bonchev–Trinajstić information content (AvgIpc) is 3.50. The summed E-state index contributed by atoms with van der Waals surface area (Å²) >= 11 is 1.21. The van der Waals surface area contributed by atoms with E-state index >= 15 is 0 Å². The van der Waals surface area contributed by atoms with E-state index in [1.54, 1.807) is 36.6 Å². The van der Waals surface area contributed by atoms with Crippen molar-refractivity contribution in [2.45, 2.75) is 30.6 Å². The maximum atomic E-state index is 12.2. The summed E-state index contributed by atoms with van der Waals surface area (Å²) in [6.07, 6.45) is 3.62. The number of ether oxygens (including phenoxy) is 1. The van der Waals surface area contributed by atoms with Crippen molar-refractivity contribution in [1.29, 1.82) is 0 Å². The molecule has 1 unspecified atom stereocenters. The smallest absolute Gasteiger partial charge is 0.325 e. The van der Waals surface area contributed by atoms with Crippen molar-refractivity contribution >= 4 is 29.4 Å². The minimum atomic E-state index is -0.580. The Morgan fingerprint density at radius 2 is 2.03 bits per heavy atom. The van der Waals surface area contributed by atoms with Crippen LogP contribution in [-0.2, 0) is 16.1 Å². The van der Waals surface area contributed by atoms with Gasteiger partial charge in [0.1, 0.15) is 0 Å². The zero-order valence-corrected chi connectivity index (χ0v) is 16.9. The average molecular weight is 427 g/mol. The lowest BCUT2D eigenvalue weighted by molar-refractivity contribution is -0.117. The lowest BCUT2D eigenvalue weighted by Crippen LogP contribution is -2.35. The molecule has 1 aliphatic rings. The van der Waals surface area contributed by atoms with Crippen molar-refractivity contribution in [2.24, 2.45) is 0 Å². The molecule has 10 heteroatoms. The quantitative estimate of drug-likeness (QED) is 0.557. The van der Waals surface area contributed by atoms with Crippen LogP contribution in [0.2, 0.25) is 0 Å². The number of carbonyl (C=O) groups is 2. The van der Waals surface area contributed by atoms with Crippen LogP contribution >= 0.6 is 11.8 Å². The molecule has 1 saturated heterocycles. The number of aromatic nitrogens is 3. The van der Waals surface area contributed by atoms with Crippen LogP contribution in [0, 0.1) is 0 Å². The Kier molecular flexibility index (Phi) is 6.45. The lowest BCUT2D eigenvalue weighted by Gasteiger charge is -2.13. The molecule has 1 aliphatic heterocycles. The van der Waals surface area contributed by atoms with Crippen molar-refractivity contribution < 1.29 is 18.7 Å². The van der Waals surface area contributed by atoms with Gasteiger partial charge < -0.3 is 14.5 Å². The molecule has 4 rings (SSSR count). The number of benzene rings is 1. The molecular formula is C20H21N5O4S. The molecule has 0 bridgehead atoms. The zero-order valence-electron chi connectivity index (χ0n) is 16.1. The van der Waals surface area contributed by atoms with Crippen molar-refractivity contribution in [3.05, 3.63) is 48.7 Å². The zero-order chi connectivity index (χ0) is 20.8. The molecule has 2 N–H and O–H groups in total. The number of imide groups is 1. The number of rotatable bonds is 7. The van der Waals surface area contributed by atoms with Crippen LogP contribution in [0.1, 0.15) is 12.8 Å². The van der Waals surface area contributed by atoms with Gasteiger partial charge in [-0.05, 0) is 37.1 Å². The van der Waals surface area contributed by atoms with Gasteiger partial charge in [0.05, 0.1) is 24.7 Å². The summed E-state index contributed by atoms with van der Waals surface area (Å²) in [6, 6.07) is 11.9. The van der Waals surface area contributed by atoms with Gasteiger partial charge in [-0.1, -0.05) is 30.0 Å². The normalized spacial score (nSPS) is 15.8. The highest BCUT2D eigenvalue weighted by atomic mass is 32.2. The molecule has 0 saturated carbocycles. The summed E-state index contributed by atoms with van der Waals surface area (Å²) in [6.45, 7) is 1.31. The number of nitrogens with zero attached hydrogens (tertiary/aromatic N) is 3. The van der Waals surface area contributed by atoms with E-state index in [4.69, 9.17) is 9.15 Å². The van der Waals surface area contributed by atoms with Gasteiger partial charge in [-0.15, -0.1) is 10.2 Å². The minimum absolute atomic E-state index is 0.0179. The number of amides is 3. The van der Waals surface area contributed by atoms with Crippen LogP contribution in [-0.4, -0.2) is 45.2 Å². The molecule has 0 aliphatic carbocycles. The predicted octanol–water partition coefficient (Wildman–Crippen LogP) is 3.16. The fraction of sp³-hybridized carbons (Fsp3) is 0.300. The van der Waals surface area contributed by atoms with E-state index in [0.717, 1.165) is 19.4 Å². The Bertz CT molecular complexity index is 984. The topological polar surface area (TPSA) is 111 Å². The summed E-state index contributed by atoms with van der Waals surface area (Å²) in [7, 11) is 0. The highest BCUT2D eigenvalue weighted by Crippen LogP contribution is 2.26. The number of hydrogen-bond acceptors (Lipinski definition) is 7. The molecule has 9 nitrogen and oxygen atoms in total. The van der Waals surface area contributed by atoms with Gasteiger partial charge in [0.15, 0.2) is 10.9 Å². The molecule has 3 amide bonds. The van der Waals surface area contributed by atoms with Crippen molar-refractivity contribution in [3.8, 4) is 11.6 Å². The van der Waals surface area contributed by atoms with E-state index in [1.807, 2.05) is 16.7 Å². The summed E-state index contributed by atoms with van der Waals surface area (Å²) in [5, 5.41) is 13.9. The Labute approximate surface area is 177 Å². The third kappa shape index (κ3) is 5.08. The van der Waals surface area contributed by atoms with Crippen molar-refractivity contribution in [1.82, 2.24) is 20.1 Å². The molecule has 1 atom stereocenters. The largest absolute Gasteiger partial charge is 0.461 e. The second kappa shape index (κ2) is 9.59. The van der Waals surface area contributed by atoms with Crippen LogP contribution in [0.4, 0.5) is 10.5 Å². The van der Waals surface area contributed by atoms with E-state index in [0.29, 0.717) is 29.0 Å². The van der Waals surface area contributed by atoms with E-state index in [9.17, 15) is 9.59 Å². The molecular weight excluding hydrogens is 406 g/mol. The van der Waals surface area contributed by atoms with Crippen molar-refractivity contribution in [3.63, 3.8) is 0 Å². The first kappa shape index (κ1) is 20.2. The minimum Gasteiger partial charge on any atom is -0.461 e. The SMILES string of the molecule is O=C(CSc1nnc(-c2ccco2)n1CC1CCCO1)NC(=O)Nc1ccccc1. The van der Waals surface area contributed by atoms with Crippen LogP contribution in [0.25, 0.3) is 11.6 Å². The molecule has 0 radical (unpaired) electrons. The number of thioether (sulfide) groups is 1. The molecule has 0 spiro atoms. The number of hydrogen-bond donors (Lipinski definition) is 2. The van der Waals surface area contributed by atoms with Gasteiger partial charge in [-0.25, -0.2) is 4.79 Å². The van der Waals surface area contributed by atoms with Crippen LogP contribution in [0.3, 0.4) is 0 Å². The summed E-state index contributed by atoms with van der Waals surface area (Å²) < 4.78 is 13.1. The van der Waals surface area contributed by atoms with E-state index in [2.05, 4.69) is 20.8 Å². The first-order valence-corrected chi connectivity index (χ1v) is 10.5. The van der Waals surface area contributed by atoms with Gasteiger partial charge in [-0.2, -0.15) is 0 Å². The Morgan fingerprint density at radius 1 is 1.17 bits per heavy atom. The summed E-state index contributed by atoms with van der Waals surface area (Å²) in [5.74, 6) is 0.767. The highest BCUT2D eigenvalue weighted by Gasteiger charge is 2.23. The number of nitrogens with one attached hydrogen (secondary N) is 2. The fourth-order valence-electron chi connectivity index (χ4n) is 3.12. The second-order valence-electron chi connectivity index (χ2n) is 6.69. The first-order chi connectivity index (χ1) is 14.7. The van der Waals surface area contributed by atoms with Crippen LogP contribution < -0.4 is 10.6 Å². The summed E-state index contributed by atoms with van der Waals surface area (Å²) in [5.41, 5.74) is 0.606. The van der Waals surface area contributed by atoms with Gasteiger partial charge in [0.25, 0.3) is 0 Å². The van der Waals surface area contributed by atoms with Crippen LogP contribution in [0.5, 0.6) is 0 Å². The van der Waals surface area contributed by atoms with Crippen molar-refractivity contribution in [2.75, 3.05) is 17.7 Å². The molecule has 1 fully saturated rings. The fourth-order valence-corrected chi connectivity index (χ4v) is 3.86. The van der Waals surface area contributed by atoms with Gasteiger partial charge in [-0.3, -0.25) is 14.7 Å². The van der Waals surface area contributed by atoms with E-state index < -0.39 is 11.9 Å². The van der Waals surface area contributed by atoms with E-state index in [1.165, 1.54) is 11.8 Å². The molecule has 3 heterocycles. The standard InChI is InChI=1S/C20H21N5O4S/c26-17(22-19(27)21-14-6-2-1-3-7-14)13-30-20-24-23-18(16-9-5-11-29-16)25(20)12-15-8-4-10-28-15/h1-3,5-7,9,11,15H,4,8,10,12-13H2,(H2,21,22,26,27). The van der Waals surface area contributed by atoms with Crippen LogP contribution in [0.15, 0.2) is 58.3 Å². The Hall–Kier alpha value is -3.11. The Morgan fingerprint density at radius 3 is 2.77 bits per heavy atom. The third-order valence-electron chi connectivity index (χ3n) is 4.49. The molecule has 156 valence electrons. The Balaban J connectivity index is 1.38. The molecule has 3 aromatic rings.